The lowest BCUT2D eigenvalue weighted by atomic mass is 9.87. The Hall–Kier alpha value is -0.0800. The van der Waals surface area contributed by atoms with Crippen molar-refractivity contribution >= 4 is 0 Å². The highest BCUT2D eigenvalue weighted by atomic mass is 16.5. The fourth-order valence-corrected chi connectivity index (χ4v) is 2.27. The molecule has 1 N–H and O–H groups in total. The van der Waals surface area contributed by atoms with Crippen LogP contribution in [0.25, 0.3) is 0 Å². The Morgan fingerprint density at radius 1 is 1.38 bits per heavy atom. The van der Waals surface area contributed by atoms with E-state index in [0.717, 1.165) is 19.6 Å². The summed E-state index contributed by atoms with van der Waals surface area (Å²) in [6.45, 7) is 8.63. The molecule has 1 aliphatic heterocycles. The third kappa shape index (κ3) is 2.68. The number of ether oxygens (including phenoxy) is 1. The SMILES string of the molecule is CCNC(CC)C1(C)CCCCO1. The van der Waals surface area contributed by atoms with Gasteiger partial charge in [0, 0.05) is 12.6 Å². The maximum Gasteiger partial charge on any atom is 0.0806 e. The van der Waals surface area contributed by atoms with Crippen molar-refractivity contribution in [3.8, 4) is 0 Å². The first-order valence-corrected chi connectivity index (χ1v) is 5.60. The molecular formula is C11H23NO. The monoisotopic (exact) mass is 185 g/mol. The Morgan fingerprint density at radius 3 is 2.62 bits per heavy atom. The molecule has 1 fully saturated rings. The van der Waals surface area contributed by atoms with Crippen LogP contribution in [0.5, 0.6) is 0 Å². The second-order valence-electron chi connectivity index (χ2n) is 4.14. The van der Waals surface area contributed by atoms with Gasteiger partial charge in [0.2, 0.25) is 0 Å². The quantitative estimate of drug-likeness (QED) is 0.726. The minimum absolute atomic E-state index is 0.0863. The zero-order valence-electron chi connectivity index (χ0n) is 9.23. The van der Waals surface area contributed by atoms with Gasteiger partial charge in [0.1, 0.15) is 0 Å². The normalized spacial score (nSPS) is 31.6. The molecule has 0 bridgehead atoms. The molecule has 0 aromatic rings. The summed E-state index contributed by atoms with van der Waals surface area (Å²) < 4.78 is 5.91. The lowest BCUT2D eigenvalue weighted by molar-refractivity contribution is -0.0888. The molecule has 0 saturated carbocycles. The largest absolute Gasteiger partial charge is 0.374 e. The molecule has 1 saturated heterocycles. The third-order valence-electron chi connectivity index (χ3n) is 3.10. The highest BCUT2D eigenvalue weighted by Gasteiger charge is 2.34. The smallest absolute Gasteiger partial charge is 0.0806 e. The van der Waals surface area contributed by atoms with E-state index in [-0.39, 0.29) is 5.60 Å². The molecule has 0 spiro atoms. The van der Waals surface area contributed by atoms with Crippen LogP contribution in [0.2, 0.25) is 0 Å². The van der Waals surface area contributed by atoms with Crippen LogP contribution in [0, 0.1) is 0 Å². The first-order valence-electron chi connectivity index (χ1n) is 5.60. The van der Waals surface area contributed by atoms with E-state index in [9.17, 15) is 0 Å². The van der Waals surface area contributed by atoms with Crippen molar-refractivity contribution in [1.29, 1.82) is 0 Å². The van der Waals surface area contributed by atoms with E-state index in [2.05, 4.69) is 26.1 Å². The lowest BCUT2D eigenvalue weighted by Crippen LogP contribution is -2.51. The lowest BCUT2D eigenvalue weighted by Gasteiger charge is -2.40. The summed E-state index contributed by atoms with van der Waals surface area (Å²) in [7, 11) is 0. The van der Waals surface area contributed by atoms with E-state index in [4.69, 9.17) is 4.74 Å². The van der Waals surface area contributed by atoms with Crippen LogP contribution in [0.4, 0.5) is 0 Å². The predicted molar refractivity (Wildman–Crippen MR) is 56.0 cm³/mol. The Bertz CT molecular complexity index is 141. The average molecular weight is 185 g/mol. The van der Waals surface area contributed by atoms with Gasteiger partial charge in [0.15, 0.2) is 0 Å². The van der Waals surface area contributed by atoms with Gasteiger partial charge in [0.25, 0.3) is 0 Å². The van der Waals surface area contributed by atoms with Crippen LogP contribution < -0.4 is 5.32 Å². The molecule has 1 aliphatic rings. The fourth-order valence-electron chi connectivity index (χ4n) is 2.27. The van der Waals surface area contributed by atoms with Gasteiger partial charge in [-0.2, -0.15) is 0 Å². The molecule has 0 radical (unpaired) electrons. The van der Waals surface area contributed by atoms with Crippen molar-refractivity contribution in [2.75, 3.05) is 13.2 Å². The summed E-state index contributed by atoms with van der Waals surface area (Å²) in [5.41, 5.74) is 0.0863. The van der Waals surface area contributed by atoms with Crippen LogP contribution in [0.15, 0.2) is 0 Å². The number of nitrogens with one attached hydrogen (secondary N) is 1. The zero-order chi connectivity index (χ0) is 9.73. The van der Waals surface area contributed by atoms with Gasteiger partial charge in [0.05, 0.1) is 5.60 Å². The molecule has 1 heterocycles. The van der Waals surface area contributed by atoms with E-state index >= 15 is 0 Å². The van der Waals surface area contributed by atoms with E-state index in [1.165, 1.54) is 19.3 Å². The van der Waals surface area contributed by atoms with Crippen LogP contribution >= 0.6 is 0 Å². The molecule has 1 rings (SSSR count). The topological polar surface area (TPSA) is 21.3 Å². The van der Waals surface area contributed by atoms with Crippen LogP contribution in [0.1, 0.15) is 46.5 Å². The number of likely N-dealkylation sites (N-methyl/N-ethyl adjacent to an activating group) is 1. The van der Waals surface area contributed by atoms with E-state index in [0.29, 0.717) is 6.04 Å². The molecule has 13 heavy (non-hydrogen) atoms. The molecule has 0 aromatic heterocycles. The molecule has 0 aliphatic carbocycles. The predicted octanol–water partition coefficient (Wildman–Crippen LogP) is 2.33. The first-order chi connectivity index (χ1) is 6.23. The van der Waals surface area contributed by atoms with Crippen LogP contribution in [-0.2, 0) is 4.74 Å². The van der Waals surface area contributed by atoms with Gasteiger partial charge >= 0.3 is 0 Å². The molecule has 0 amide bonds. The van der Waals surface area contributed by atoms with E-state index in [1.54, 1.807) is 0 Å². The van der Waals surface area contributed by atoms with E-state index in [1.807, 2.05) is 0 Å². The van der Waals surface area contributed by atoms with E-state index < -0.39 is 0 Å². The number of rotatable bonds is 4. The second-order valence-corrected chi connectivity index (χ2v) is 4.14. The maximum atomic E-state index is 5.91. The third-order valence-corrected chi connectivity index (χ3v) is 3.10. The molecule has 2 heteroatoms. The average Bonchev–Trinajstić information content (AvgIpc) is 2.15. The highest BCUT2D eigenvalue weighted by molar-refractivity contribution is 4.90. The summed E-state index contributed by atoms with van der Waals surface area (Å²) in [4.78, 5) is 0. The summed E-state index contributed by atoms with van der Waals surface area (Å²) in [6, 6.07) is 0.526. The maximum absolute atomic E-state index is 5.91. The number of hydrogen-bond acceptors (Lipinski definition) is 2. The van der Waals surface area contributed by atoms with Crippen LogP contribution in [0.3, 0.4) is 0 Å². The molecule has 2 nitrogen and oxygen atoms in total. The van der Waals surface area contributed by atoms with Crippen molar-refractivity contribution < 1.29 is 4.74 Å². The summed E-state index contributed by atoms with van der Waals surface area (Å²) >= 11 is 0. The van der Waals surface area contributed by atoms with Gasteiger partial charge in [-0.3, -0.25) is 0 Å². The van der Waals surface area contributed by atoms with Gasteiger partial charge < -0.3 is 10.1 Å². The Labute approximate surface area is 82.0 Å². The molecule has 78 valence electrons. The van der Waals surface area contributed by atoms with Gasteiger partial charge in [-0.1, -0.05) is 13.8 Å². The Morgan fingerprint density at radius 2 is 2.15 bits per heavy atom. The molecule has 2 unspecified atom stereocenters. The van der Waals surface area contributed by atoms with Crippen molar-refractivity contribution in [2.45, 2.75) is 58.1 Å². The summed E-state index contributed by atoms with van der Waals surface area (Å²) in [5, 5.41) is 3.52. The molecule has 2 atom stereocenters. The minimum Gasteiger partial charge on any atom is -0.374 e. The van der Waals surface area contributed by atoms with Gasteiger partial charge in [-0.05, 0) is 39.2 Å². The van der Waals surface area contributed by atoms with Crippen LogP contribution in [-0.4, -0.2) is 24.8 Å². The van der Waals surface area contributed by atoms with Crippen molar-refractivity contribution in [3.63, 3.8) is 0 Å². The molecule has 0 aromatic carbocycles. The number of hydrogen-bond donors (Lipinski definition) is 1. The highest BCUT2D eigenvalue weighted by Crippen LogP contribution is 2.29. The van der Waals surface area contributed by atoms with Gasteiger partial charge in [-0.25, -0.2) is 0 Å². The van der Waals surface area contributed by atoms with Gasteiger partial charge in [-0.15, -0.1) is 0 Å². The van der Waals surface area contributed by atoms with Crippen molar-refractivity contribution in [2.24, 2.45) is 0 Å². The Balaban J connectivity index is 2.52. The standard InChI is InChI=1S/C11H23NO/c1-4-10(12-5-2)11(3)8-6-7-9-13-11/h10,12H,4-9H2,1-3H3. The zero-order valence-corrected chi connectivity index (χ0v) is 9.23. The van der Waals surface area contributed by atoms with Crippen molar-refractivity contribution in [1.82, 2.24) is 5.32 Å². The minimum atomic E-state index is 0.0863. The first kappa shape index (κ1) is 11.0. The van der Waals surface area contributed by atoms with Crippen molar-refractivity contribution in [3.05, 3.63) is 0 Å². The second kappa shape index (κ2) is 4.97. The summed E-state index contributed by atoms with van der Waals surface area (Å²) in [5.74, 6) is 0. The molecular weight excluding hydrogens is 162 g/mol. The Kier molecular flexibility index (Phi) is 4.20. The summed E-state index contributed by atoms with van der Waals surface area (Å²) in [6.07, 6.45) is 4.92. The fraction of sp³-hybridized carbons (Fsp3) is 1.00.